The van der Waals surface area contributed by atoms with Gasteiger partial charge in [0.05, 0.1) is 12.2 Å². The van der Waals surface area contributed by atoms with Crippen LogP contribution in [0.5, 0.6) is 0 Å². The highest BCUT2D eigenvalue weighted by Crippen LogP contribution is 2.25. The summed E-state index contributed by atoms with van der Waals surface area (Å²) in [6, 6.07) is 0. The lowest BCUT2D eigenvalue weighted by Crippen LogP contribution is -2.35. The van der Waals surface area contributed by atoms with Crippen molar-refractivity contribution in [3.05, 3.63) is 0 Å². The van der Waals surface area contributed by atoms with E-state index in [4.69, 9.17) is 9.84 Å². The molecule has 1 aliphatic rings. The second kappa shape index (κ2) is 4.28. The van der Waals surface area contributed by atoms with Gasteiger partial charge in [-0.3, -0.25) is 0 Å². The Labute approximate surface area is 74.7 Å². The van der Waals surface area contributed by atoms with Gasteiger partial charge < -0.3 is 9.84 Å². The Hall–Kier alpha value is -0.290. The fraction of sp³-hybridized carbons (Fsp3) is 1.00. The Morgan fingerprint density at radius 1 is 1.31 bits per heavy atom. The molecule has 5 heteroatoms. The normalized spacial score (nSPS) is 28.6. The molecule has 0 unspecified atom stereocenters. The van der Waals surface area contributed by atoms with Crippen LogP contribution < -0.4 is 0 Å². The van der Waals surface area contributed by atoms with E-state index in [9.17, 15) is 13.2 Å². The van der Waals surface area contributed by atoms with Crippen LogP contribution in [0, 0.1) is 0 Å². The van der Waals surface area contributed by atoms with Crippen LogP contribution in [0.4, 0.5) is 13.2 Å². The second-order valence-electron chi connectivity index (χ2n) is 3.34. The SMILES string of the molecule is OC1CC(OCCCC(F)(F)F)C1. The van der Waals surface area contributed by atoms with Crippen molar-refractivity contribution in [2.75, 3.05) is 6.61 Å². The molecular formula is C8H13F3O2. The van der Waals surface area contributed by atoms with Crippen molar-refractivity contribution in [2.24, 2.45) is 0 Å². The number of hydrogen-bond acceptors (Lipinski definition) is 2. The smallest absolute Gasteiger partial charge is 0.389 e. The molecule has 0 amide bonds. The molecule has 0 atom stereocenters. The van der Waals surface area contributed by atoms with Gasteiger partial charge in [-0.2, -0.15) is 13.2 Å². The molecule has 0 heterocycles. The molecular weight excluding hydrogens is 185 g/mol. The zero-order valence-electron chi connectivity index (χ0n) is 7.18. The van der Waals surface area contributed by atoms with E-state index in [0.29, 0.717) is 12.8 Å². The second-order valence-corrected chi connectivity index (χ2v) is 3.34. The molecule has 1 saturated carbocycles. The minimum absolute atomic E-state index is 0.0100. The molecule has 0 aromatic heterocycles. The Morgan fingerprint density at radius 2 is 1.92 bits per heavy atom. The predicted molar refractivity (Wildman–Crippen MR) is 40.3 cm³/mol. The lowest BCUT2D eigenvalue weighted by Gasteiger charge is -2.31. The summed E-state index contributed by atoms with van der Waals surface area (Å²) in [6.07, 6.45) is -4.07. The van der Waals surface area contributed by atoms with Crippen LogP contribution in [0.1, 0.15) is 25.7 Å². The average molecular weight is 198 g/mol. The van der Waals surface area contributed by atoms with E-state index in [2.05, 4.69) is 0 Å². The van der Waals surface area contributed by atoms with Crippen molar-refractivity contribution in [1.82, 2.24) is 0 Å². The molecule has 0 radical (unpaired) electrons. The van der Waals surface area contributed by atoms with Crippen molar-refractivity contribution in [3.8, 4) is 0 Å². The molecule has 0 aliphatic heterocycles. The number of aliphatic hydroxyl groups is 1. The molecule has 0 saturated heterocycles. The molecule has 13 heavy (non-hydrogen) atoms. The summed E-state index contributed by atoms with van der Waals surface area (Å²) in [4.78, 5) is 0. The molecule has 78 valence electrons. The number of rotatable bonds is 4. The van der Waals surface area contributed by atoms with E-state index >= 15 is 0 Å². The van der Waals surface area contributed by atoms with Crippen LogP contribution in [0.15, 0.2) is 0 Å². The standard InChI is InChI=1S/C8H13F3O2/c9-8(10,11)2-1-3-13-7-4-6(12)5-7/h6-7,12H,1-5H2. The Bertz CT molecular complexity index is 152. The van der Waals surface area contributed by atoms with Gasteiger partial charge >= 0.3 is 6.18 Å². The van der Waals surface area contributed by atoms with E-state index < -0.39 is 12.6 Å². The van der Waals surface area contributed by atoms with Gasteiger partial charge in [-0.15, -0.1) is 0 Å². The maximum Gasteiger partial charge on any atom is 0.389 e. The van der Waals surface area contributed by atoms with Crippen molar-refractivity contribution < 1.29 is 23.0 Å². The van der Waals surface area contributed by atoms with Gasteiger partial charge in [0, 0.05) is 13.0 Å². The van der Waals surface area contributed by atoms with E-state index in [1.54, 1.807) is 0 Å². The number of halogens is 3. The lowest BCUT2D eigenvalue weighted by atomic mass is 9.92. The van der Waals surface area contributed by atoms with E-state index in [1.807, 2.05) is 0 Å². The Morgan fingerprint density at radius 3 is 2.38 bits per heavy atom. The van der Waals surface area contributed by atoms with Crippen LogP contribution >= 0.6 is 0 Å². The number of alkyl halides is 3. The van der Waals surface area contributed by atoms with Crippen LogP contribution in [-0.2, 0) is 4.74 Å². The molecule has 1 N–H and O–H groups in total. The molecule has 0 bridgehead atoms. The van der Waals surface area contributed by atoms with E-state index in [-0.39, 0.29) is 25.2 Å². The van der Waals surface area contributed by atoms with Crippen molar-refractivity contribution >= 4 is 0 Å². The minimum atomic E-state index is -4.08. The van der Waals surface area contributed by atoms with Gasteiger partial charge in [0.25, 0.3) is 0 Å². The maximum absolute atomic E-state index is 11.6. The largest absolute Gasteiger partial charge is 0.393 e. The predicted octanol–water partition coefficient (Wildman–Crippen LogP) is 1.87. The van der Waals surface area contributed by atoms with Crippen molar-refractivity contribution in [2.45, 2.75) is 44.1 Å². The first-order valence-corrected chi connectivity index (χ1v) is 4.34. The van der Waals surface area contributed by atoms with Crippen molar-refractivity contribution in [3.63, 3.8) is 0 Å². The number of aliphatic hydroxyl groups excluding tert-OH is 1. The fourth-order valence-electron chi connectivity index (χ4n) is 1.20. The highest BCUT2D eigenvalue weighted by atomic mass is 19.4. The van der Waals surface area contributed by atoms with Crippen LogP contribution in [-0.4, -0.2) is 30.1 Å². The van der Waals surface area contributed by atoms with E-state index in [0.717, 1.165) is 0 Å². The monoisotopic (exact) mass is 198 g/mol. The summed E-state index contributed by atoms with van der Waals surface area (Å²) < 4.78 is 40.0. The first-order valence-electron chi connectivity index (χ1n) is 4.34. The van der Waals surface area contributed by atoms with Crippen molar-refractivity contribution in [1.29, 1.82) is 0 Å². The molecule has 2 nitrogen and oxygen atoms in total. The van der Waals surface area contributed by atoms with Gasteiger partial charge in [-0.25, -0.2) is 0 Å². The van der Waals surface area contributed by atoms with Crippen LogP contribution in [0.2, 0.25) is 0 Å². The van der Waals surface area contributed by atoms with Crippen LogP contribution in [0.3, 0.4) is 0 Å². The van der Waals surface area contributed by atoms with Gasteiger partial charge in [0.15, 0.2) is 0 Å². The summed E-state index contributed by atoms with van der Waals surface area (Å²) in [5.41, 5.74) is 0. The van der Waals surface area contributed by atoms with Crippen LogP contribution in [0.25, 0.3) is 0 Å². The zero-order valence-corrected chi connectivity index (χ0v) is 7.18. The third-order valence-corrected chi connectivity index (χ3v) is 2.03. The highest BCUT2D eigenvalue weighted by molar-refractivity contribution is 4.78. The lowest BCUT2D eigenvalue weighted by molar-refractivity contribution is -0.142. The maximum atomic E-state index is 11.6. The van der Waals surface area contributed by atoms with E-state index in [1.165, 1.54) is 0 Å². The minimum Gasteiger partial charge on any atom is -0.393 e. The molecule has 1 rings (SSSR count). The Balaban J connectivity index is 1.90. The summed E-state index contributed by atoms with van der Waals surface area (Å²) in [5.74, 6) is 0. The number of ether oxygens (including phenoxy) is 1. The molecule has 0 aromatic carbocycles. The highest BCUT2D eigenvalue weighted by Gasteiger charge is 2.29. The summed E-state index contributed by atoms with van der Waals surface area (Å²) in [7, 11) is 0. The summed E-state index contributed by atoms with van der Waals surface area (Å²) in [6.45, 7) is 0.136. The van der Waals surface area contributed by atoms with Gasteiger partial charge in [0.2, 0.25) is 0 Å². The summed E-state index contributed by atoms with van der Waals surface area (Å²) >= 11 is 0. The third kappa shape index (κ3) is 4.47. The Kier molecular flexibility index (Phi) is 3.55. The number of hydrogen-bond donors (Lipinski definition) is 1. The molecule has 1 aliphatic carbocycles. The van der Waals surface area contributed by atoms with Gasteiger partial charge in [0.1, 0.15) is 0 Å². The molecule has 0 spiro atoms. The molecule has 0 aromatic rings. The van der Waals surface area contributed by atoms with Gasteiger partial charge in [-0.05, 0) is 19.3 Å². The quantitative estimate of drug-likeness (QED) is 0.699. The topological polar surface area (TPSA) is 29.5 Å². The van der Waals surface area contributed by atoms with Gasteiger partial charge in [-0.1, -0.05) is 0 Å². The third-order valence-electron chi connectivity index (χ3n) is 2.03. The molecule has 1 fully saturated rings. The first-order chi connectivity index (χ1) is 5.97. The average Bonchev–Trinajstić information content (AvgIpc) is 1.91. The summed E-state index contributed by atoms with van der Waals surface area (Å²) in [5, 5.41) is 8.84. The first kappa shape index (κ1) is 10.8. The fourth-order valence-corrected chi connectivity index (χ4v) is 1.20. The zero-order chi connectivity index (χ0) is 9.90.